The van der Waals surface area contributed by atoms with Crippen molar-refractivity contribution in [1.29, 1.82) is 0 Å². The Labute approximate surface area is 131 Å². The molecule has 0 saturated carbocycles. The van der Waals surface area contributed by atoms with Crippen molar-refractivity contribution in [3.8, 4) is 11.6 Å². The van der Waals surface area contributed by atoms with Gasteiger partial charge < -0.3 is 9.63 Å². The van der Waals surface area contributed by atoms with Gasteiger partial charge in [-0.1, -0.05) is 54.5 Å². The molecule has 1 N–H and O–H groups in total. The van der Waals surface area contributed by atoms with Gasteiger partial charge in [0.25, 0.3) is 0 Å². The zero-order valence-electron chi connectivity index (χ0n) is 12.7. The van der Waals surface area contributed by atoms with Crippen LogP contribution < -0.4 is 0 Å². The molecule has 4 heteroatoms. The van der Waals surface area contributed by atoms with Crippen molar-refractivity contribution < 1.29 is 14.2 Å². The SMILES string of the molecule is CCO[P@](=O)(C#Cc1ccccc1)[C@](C)(O)c1ccccc1. The molecule has 0 radical (unpaired) electrons. The molecule has 2 atom stereocenters. The van der Waals surface area contributed by atoms with Gasteiger partial charge in [-0.05, 0) is 37.2 Å². The molecule has 0 heterocycles. The van der Waals surface area contributed by atoms with Crippen LogP contribution in [0.2, 0.25) is 0 Å². The highest BCUT2D eigenvalue weighted by Crippen LogP contribution is 2.61. The smallest absolute Gasteiger partial charge is 0.308 e. The Morgan fingerprint density at radius 2 is 1.64 bits per heavy atom. The summed E-state index contributed by atoms with van der Waals surface area (Å²) in [7, 11) is -3.62. The number of hydrogen-bond acceptors (Lipinski definition) is 3. The third-order valence-electron chi connectivity index (χ3n) is 3.33. The van der Waals surface area contributed by atoms with E-state index in [9.17, 15) is 9.67 Å². The average Bonchev–Trinajstić information content (AvgIpc) is 2.55. The summed E-state index contributed by atoms with van der Waals surface area (Å²) in [6, 6.07) is 18.1. The molecule has 0 spiro atoms. The maximum Gasteiger partial charge on any atom is 0.308 e. The van der Waals surface area contributed by atoms with Gasteiger partial charge in [0, 0.05) is 5.56 Å². The quantitative estimate of drug-likeness (QED) is 0.680. The van der Waals surface area contributed by atoms with Gasteiger partial charge in [0.15, 0.2) is 5.34 Å². The highest BCUT2D eigenvalue weighted by molar-refractivity contribution is 7.65. The average molecular weight is 314 g/mol. The Morgan fingerprint density at radius 1 is 1.09 bits per heavy atom. The van der Waals surface area contributed by atoms with E-state index >= 15 is 0 Å². The second kappa shape index (κ2) is 6.94. The van der Waals surface area contributed by atoms with Crippen molar-refractivity contribution >= 4 is 7.37 Å². The first-order chi connectivity index (χ1) is 10.5. The van der Waals surface area contributed by atoms with Crippen LogP contribution in [-0.2, 0) is 14.4 Å². The number of hydrogen-bond donors (Lipinski definition) is 1. The van der Waals surface area contributed by atoms with E-state index < -0.39 is 12.7 Å². The van der Waals surface area contributed by atoms with Crippen molar-refractivity contribution in [2.45, 2.75) is 19.2 Å². The van der Waals surface area contributed by atoms with Gasteiger partial charge in [0.2, 0.25) is 0 Å². The van der Waals surface area contributed by atoms with E-state index in [4.69, 9.17) is 4.52 Å². The zero-order chi connectivity index (χ0) is 16.1. The third-order valence-corrected chi connectivity index (χ3v) is 5.76. The lowest BCUT2D eigenvalue weighted by molar-refractivity contribution is 0.122. The summed E-state index contributed by atoms with van der Waals surface area (Å²) in [5, 5.41) is 9.16. The summed E-state index contributed by atoms with van der Waals surface area (Å²) in [5.74, 6) is 2.85. The molecule has 114 valence electrons. The van der Waals surface area contributed by atoms with Crippen LogP contribution in [0.1, 0.15) is 25.0 Å². The molecule has 0 aliphatic heterocycles. The van der Waals surface area contributed by atoms with Crippen molar-refractivity contribution in [1.82, 2.24) is 0 Å². The molecule has 0 saturated heterocycles. The minimum atomic E-state index is -3.62. The molecular formula is C18H19O3P. The molecule has 2 aromatic rings. The van der Waals surface area contributed by atoms with Gasteiger partial charge in [-0.15, -0.1) is 0 Å². The summed E-state index contributed by atoms with van der Waals surface area (Å²) in [6.07, 6.45) is 0. The monoisotopic (exact) mass is 314 g/mol. The van der Waals surface area contributed by atoms with Crippen LogP contribution in [0.25, 0.3) is 0 Å². The number of rotatable bonds is 4. The van der Waals surface area contributed by atoms with Crippen LogP contribution in [0, 0.1) is 11.6 Å². The largest absolute Gasteiger partial charge is 0.374 e. The van der Waals surface area contributed by atoms with Crippen LogP contribution in [0.5, 0.6) is 0 Å². The molecule has 0 aliphatic carbocycles. The van der Waals surface area contributed by atoms with Crippen LogP contribution >= 0.6 is 7.37 Å². The molecule has 0 aliphatic rings. The lowest BCUT2D eigenvalue weighted by Gasteiger charge is -2.29. The van der Waals surface area contributed by atoms with E-state index in [1.807, 2.05) is 36.4 Å². The molecular weight excluding hydrogens is 295 g/mol. The van der Waals surface area contributed by atoms with Crippen LogP contribution in [0.4, 0.5) is 0 Å². The summed E-state index contributed by atoms with van der Waals surface area (Å²) in [5.41, 5.74) is 3.94. The maximum atomic E-state index is 13.2. The first-order valence-electron chi connectivity index (χ1n) is 7.10. The molecule has 0 amide bonds. The van der Waals surface area contributed by atoms with Crippen LogP contribution in [0.3, 0.4) is 0 Å². The van der Waals surface area contributed by atoms with Crippen LogP contribution in [-0.4, -0.2) is 11.7 Å². The molecule has 3 nitrogen and oxygen atoms in total. The zero-order valence-corrected chi connectivity index (χ0v) is 13.6. The standard InChI is InChI=1S/C18H19O3P/c1-3-21-22(20,15-14-16-10-6-4-7-11-16)18(2,19)17-12-8-5-9-13-17/h4-13,19H,3H2,1-2H3/t18-,22+/m0/s1. The van der Waals surface area contributed by atoms with E-state index in [1.54, 1.807) is 31.2 Å². The van der Waals surface area contributed by atoms with Gasteiger partial charge in [-0.25, -0.2) is 0 Å². The van der Waals surface area contributed by atoms with E-state index in [2.05, 4.69) is 11.6 Å². The molecule has 2 rings (SSSR count). The summed E-state index contributed by atoms with van der Waals surface area (Å²) < 4.78 is 18.6. The van der Waals surface area contributed by atoms with Crippen molar-refractivity contribution in [2.75, 3.05) is 6.61 Å². The fraction of sp³-hybridized carbons (Fsp3) is 0.222. The van der Waals surface area contributed by atoms with E-state index in [0.717, 1.165) is 5.56 Å². The van der Waals surface area contributed by atoms with Crippen LogP contribution in [0.15, 0.2) is 60.7 Å². The molecule has 0 bridgehead atoms. The lowest BCUT2D eigenvalue weighted by atomic mass is 10.1. The Bertz CT molecular complexity index is 712. The highest BCUT2D eigenvalue weighted by atomic mass is 31.2. The first-order valence-corrected chi connectivity index (χ1v) is 8.73. The van der Waals surface area contributed by atoms with E-state index in [-0.39, 0.29) is 6.61 Å². The molecule has 2 aromatic carbocycles. The van der Waals surface area contributed by atoms with Gasteiger partial charge in [-0.3, -0.25) is 4.57 Å². The van der Waals surface area contributed by atoms with Gasteiger partial charge >= 0.3 is 7.37 Å². The highest BCUT2D eigenvalue weighted by Gasteiger charge is 2.44. The topological polar surface area (TPSA) is 46.5 Å². The Hall–Kier alpha value is -1.85. The third kappa shape index (κ3) is 3.48. The van der Waals surface area contributed by atoms with E-state index in [0.29, 0.717) is 5.56 Å². The van der Waals surface area contributed by atoms with Gasteiger partial charge in [0.1, 0.15) is 0 Å². The normalized spacial score (nSPS) is 16.0. The van der Waals surface area contributed by atoms with Gasteiger partial charge in [0.05, 0.1) is 6.61 Å². The fourth-order valence-electron chi connectivity index (χ4n) is 2.03. The summed E-state index contributed by atoms with van der Waals surface area (Å²) in [6.45, 7) is 3.43. The fourth-order valence-corrected chi connectivity index (χ4v) is 3.69. The Balaban J connectivity index is 2.45. The molecule has 0 unspecified atom stereocenters. The Morgan fingerprint density at radius 3 is 2.18 bits per heavy atom. The first kappa shape index (κ1) is 16.5. The minimum absolute atomic E-state index is 0.212. The summed E-state index contributed by atoms with van der Waals surface area (Å²) in [4.78, 5) is 0. The second-order valence-electron chi connectivity index (χ2n) is 4.96. The van der Waals surface area contributed by atoms with Crippen molar-refractivity contribution in [3.05, 3.63) is 71.8 Å². The van der Waals surface area contributed by atoms with E-state index in [1.165, 1.54) is 6.92 Å². The minimum Gasteiger partial charge on any atom is -0.374 e. The van der Waals surface area contributed by atoms with Crippen molar-refractivity contribution in [2.24, 2.45) is 0 Å². The maximum absolute atomic E-state index is 13.2. The predicted octanol–water partition coefficient (Wildman–Crippen LogP) is 4.18. The van der Waals surface area contributed by atoms with Crippen molar-refractivity contribution in [3.63, 3.8) is 0 Å². The second-order valence-corrected chi connectivity index (χ2v) is 7.41. The van der Waals surface area contributed by atoms with Gasteiger partial charge in [-0.2, -0.15) is 0 Å². The Kier molecular flexibility index (Phi) is 5.21. The predicted molar refractivity (Wildman–Crippen MR) is 88.6 cm³/mol. The molecule has 0 aromatic heterocycles. The summed E-state index contributed by atoms with van der Waals surface area (Å²) >= 11 is 0. The lowest BCUT2D eigenvalue weighted by Crippen LogP contribution is -2.22. The molecule has 0 fully saturated rings. The number of benzene rings is 2. The number of aliphatic hydroxyl groups is 1. The molecule has 22 heavy (non-hydrogen) atoms.